The molecule has 1 aromatic rings. The Bertz CT molecular complexity index is 557. The van der Waals surface area contributed by atoms with E-state index in [0.29, 0.717) is 11.6 Å². The van der Waals surface area contributed by atoms with Gasteiger partial charge in [-0.3, -0.25) is 9.59 Å². The van der Waals surface area contributed by atoms with Crippen molar-refractivity contribution in [2.75, 3.05) is 16.9 Å². The quantitative estimate of drug-likeness (QED) is 0.869. The fourth-order valence-corrected chi connectivity index (χ4v) is 3.20. The highest BCUT2D eigenvalue weighted by molar-refractivity contribution is 7.99. The van der Waals surface area contributed by atoms with E-state index < -0.39 is 6.04 Å². The van der Waals surface area contributed by atoms with Crippen molar-refractivity contribution in [2.45, 2.75) is 19.9 Å². The van der Waals surface area contributed by atoms with Gasteiger partial charge < -0.3 is 10.2 Å². The van der Waals surface area contributed by atoms with Gasteiger partial charge in [0.25, 0.3) is 0 Å². The molecule has 1 atom stereocenters. The summed E-state index contributed by atoms with van der Waals surface area (Å²) in [5.41, 5.74) is 3.08. The molecule has 0 aromatic heterocycles. The minimum atomic E-state index is -0.424. The number of carbonyl (C=O) groups is 2. The van der Waals surface area contributed by atoms with Gasteiger partial charge in [0.1, 0.15) is 6.04 Å². The molecule has 0 radical (unpaired) electrons. The smallest absolute Gasteiger partial charge is 0.248 e. The topological polar surface area (TPSA) is 49.4 Å². The summed E-state index contributed by atoms with van der Waals surface area (Å²) in [7, 11) is 0. The molecule has 2 amide bonds. The summed E-state index contributed by atoms with van der Waals surface area (Å²) in [6.07, 6.45) is 1.25. The van der Waals surface area contributed by atoms with Gasteiger partial charge in [0, 0.05) is 11.4 Å². The van der Waals surface area contributed by atoms with Crippen molar-refractivity contribution < 1.29 is 9.59 Å². The number of thioether (sulfide) groups is 1. The highest BCUT2D eigenvalue weighted by Gasteiger charge is 2.33. The van der Waals surface area contributed by atoms with Gasteiger partial charge in [-0.2, -0.15) is 0 Å². The van der Waals surface area contributed by atoms with Crippen LogP contribution in [0, 0.1) is 13.8 Å². The number of anilines is 1. The van der Waals surface area contributed by atoms with Gasteiger partial charge in [-0.15, -0.1) is 11.8 Å². The number of aryl methyl sites for hydroxylation is 2. The predicted molar refractivity (Wildman–Crippen MR) is 82.7 cm³/mol. The third-order valence-corrected chi connectivity index (χ3v) is 4.43. The van der Waals surface area contributed by atoms with Gasteiger partial charge in [-0.05, 0) is 43.2 Å². The van der Waals surface area contributed by atoms with Crippen LogP contribution in [0.15, 0.2) is 30.9 Å². The third-order valence-electron chi connectivity index (χ3n) is 3.42. The SMILES string of the molecule is C=CC(=O)N1CSCC1C(=O)Nc1ccc(C)c(C)c1. The van der Waals surface area contributed by atoms with E-state index in [1.165, 1.54) is 11.6 Å². The Morgan fingerprint density at radius 1 is 1.40 bits per heavy atom. The molecule has 1 saturated heterocycles. The average Bonchev–Trinajstić information content (AvgIpc) is 2.91. The second kappa shape index (κ2) is 6.13. The number of hydrogen-bond acceptors (Lipinski definition) is 3. The first-order valence-electron chi connectivity index (χ1n) is 6.42. The lowest BCUT2D eigenvalue weighted by atomic mass is 10.1. The summed E-state index contributed by atoms with van der Waals surface area (Å²) in [5.74, 6) is 0.815. The molecule has 1 N–H and O–H groups in total. The fourth-order valence-electron chi connectivity index (χ4n) is 2.04. The van der Waals surface area contributed by atoms with Crippen molar-refractivity contribution in [3.05, 3.63) is 42.0 Å². The van der Waals surface area contributed by atoms with E-state index in [2.05, 4.69) is 11.9 Å². The normalized spacial score (nSPS) is 17.9. The van der Waals surface area contributed by atoms with E-state index >= 15 is 0 Å². The monoisotopic (exact) mass is 290 g/mol. The molecule has 106 valence electrons. The standard InChI is InChI=1S/C15H18N2O2S/c1-4-14(18)17-9-20-8-13(17)15(19)16-12-6-5-10(2)11(3)7-12/h4-7,13H,1,8-9H2,2-3H3,(H,16,19). The molecular formula is C15H18N2O2S. The first kappa shape index (κ1) is 14.7. The Hall–Kier alpha value is -1.75. The molecule has 1 aromatic carbocycles. The Kier molecular flexibility index (Phi) is 4.49. The number of benzene rings is 1. The van der Waals surface area contributed by atoms with Crippen LogP contribution in [0.5, 0.6) is 0 Å². The van der Waals surface area contributed by atoms with Crippen molar-refractivity contribution in [1.29, 1.82) is 0 Å². The second-order valence-corrected chi connectivity index (χ2v) is 5.82. The molecule has 4 nitrogen and oxygen atoms in total. The van der Waals surface area contributed by atoms with Crippen LogP contribution < -0.4 is 5.32 Å². The van der Waals surface area contributed by atoms with Crippen LogP contribution in [0.3, 0.4) is 0 Å². The molecule has 0 spiro atoms. The average molecular weight is 290 g/mol. The summed E-state index contributed by atoms with van der Waals surface area (Å²) >= 11 is 1.57. The number of nitrogens with zero attached hydrogens (tertiary/aromatic N) is 1. The van der Waals surface area contributed by atoms with Crippen LogP contribution >= 0.6 is 11.8 Å². The van der Waals surface area contributed by atoms with E-state index in [9.17, 15) is 9.59 Å². The van der Waals surface area contributed by atoms with Crippen LogP contribution in [0.1, 0.15) is 11.1 Å². The molecule has 0 aliphatic carbocycles. The molecule has 1 unspecified atom stereocenters. The highest BCUT2D eigenvalue weighted by atomic mass is 32.2. The van der Waals surface area contributed by atoms with Crippen LogP contribution in [0.4, 0.5) is 5.69 Å². The molecule has 1 fully saturated rings. The summed E-state index contributed by atoms with van der Waals surface area (Å²) < 4.78 is 0. The highest BCUT2D eigenvalue weighted by Crippen LogP contribution is 2.23. The van der Waals surface area contributed by atoms with Crippen molar-refractivity contribution in [3.63, 3.8) is 0 Å². The van der Waals surface area contributed by atoms with E-state index in [4.69, 9.17) is 0 Å². The summed E-state index contributed by atoms with van der Waals surface area (Å²) in [4.78, 5) is 25.5. The van der Waals surface area contributed by atoms with Gasteiger partial charge >= 0.3 is 0 Å². The number of nitrogens with one attached hydrogen (secondary N) is 1. The van der Waals surface area contributed by atoms with Gasteiger partial charge in [0.05, 0.1) is 5.88 Å². The third kappa shape index (κ3) is 3.04. The largest absolute Gasteiger partial charge is 0.324 e. The van der Waals surface area contributed by atoms with Crippen molar-refractivity contribution in [2.24, 2.45) is 0 Å². The molecule has 2 rings (SSSR count). The minimum Gasteiger partial charge on any atom is -0.324 e. The Labute approximate surface area is 123 Å². The maximum atomic E-state index is 12.3. The molecule has 0 bridgehead atoms. The lowest BCUT2D eigenvalue weighted by Gasteiger charge is -2.21. The van der Waals surface area contributed by atoms with Crippen LogP contribution in [0.2, 0.25) is 0 Å². The minimum absolute atomic E-state index is 0.145. The lowest BCUT2D eigenvalue weighted by Crippen LogP contribution is -2.43. The van der Waals surface area contributed by atoms with E-state index in [0.717, 1.165) is 11.3 Å². The first-order valence-corrected chi connectivity index (χ1v) is 7.57. The van der Waals surface area contributed by atoms with Crippen molar-refractivity contribution in [1.82, 2.24) is 4.90 Å². The molecule has 5 heteroatoms. The zero-order valence-corrected chi connectivity index (χ0v) is 12.5. The van der Waals surface area contributed by atoms with Crippen molar-refractivity contribution >= 4 is 29.3 Å². The molecule has 1 aliphatic heterocycles. The van der Waals surface area contributed by atoms with Gasteiger partial charge in [-0.25, -0.2) is 0 Å². The zero-order chi connectivity index (χ0) is 14.7. The Morgan fingerprint density at radius 2 is 2.15 bits per heavy atom. The summed E-state index contributed by atoms with van der Waals surface area (Å²) in [5, 5.41) is 2.88. The summed E-state index contributed by atoms with van der Waals surface area (Å²) in [6, 6.07) is 5.37. The lowest BCUT2D eigenvalue weighted by molar-refractivity contribution is -0.132. The van der Waals surface area contributed by atoms with Crippen molar-refractivity contribution in [3.8, 4) is 0 Å². The van der Waals surface area contributed by atoms with E-state index in [1.807, 2.05) is 32.0 Å². The molecule has 20 heavy (non-hydrogen) atoms. The Morgan fingerprint density at radius 3 is 2.80 bits per heavy atom. The number of amides is 2. The predicted octanol–water partition coefficient (Wildman–Crippen LogP) is 2.33. The zero-order valence-electron chi connectivity index (χ0n) is 11.7. The maximum absolute atomic E-state index is 12.3. The molecule has 1 aliphatic rings. The number of hydrogen-bond donors (Lipinski definition) is 1. The first-order chi connectivity index (χ1) is 9.52. The fraction of sp³-hybridized carbons (Fsp3) is 0.333. The molecule has 1 heterocycles. The van der Waals surface area contributed by atoms with Crippen LogP contribution in [-0.2, 0) is 9.59 Å². The Balaban J connectivity index is 2.09. The van der Waals surface area contributed by atoms with E-state index in [1.54, 1.807) is 16.7 Å². The molecular weight excluding hydrogens is 272 g/mol. The number of carbonyl (C=O) groups excluding carboxylic acids is 2. The summed E-state index contributed by atoms with van der Waals surface area (Å²) in [6.45, 7) is 7.50. The van der Waals surface area contributed by atoms with Crippen LogP contribution in [-0.4, -0.2) is 34.4 Å². The number of rotatable bonds is 3. The van der Waals surface area contributed by atoms with Crippen LogP contribution in [0.25, 0.3) is 0 Å². The van der Waals surface area contributed by atoms with E-state index in [-0.39, 0.29) is 11.8 Å². The maximum Gasteiger partial charge on any atom is 0.248 e. The van der Waals surface area contributed by atoms with Gasteiger partial charge in [0.2, 0.25) is 11.8 Å². The second-order valence-electron chi connectivity index (χ2n) is 4.82. The molecule has 0 saturated carbocycles. The van der Waals surface area contributed by atoms with Gasteiger partial charge in [0.15, 0.2) is 0 Å². The van der Waals surface area contributed by atoms with Gasteiger partial charge in [-0.1, -0.05) is 12.6 Å².